The monoisotopic (exact) mass is 326 g/mol. The van der Waals surface area contributed by atoms with Gasteiger partial charge >= 0.3 is 0 Å². The quantitative estimate of drug-likeness (QED) is 0.698. The van der Waals surface area contributed by atoms with E-state index in [0.29, 0.717) is 27.4 Å². The first-order chi connectivity index (χ1) is 9.37. The maximum absolute atomic E-state index is 6.27. The van der Waals surface area contributed by atoms with E-state index in [4.69, 9.17) is 23.2 Å². The van der Waals surface area contributed by atoms with Crippen LogP contribution in [-0.4, -0.2) is 14.7 Å². The lowest BCUT2D eigenvalue weighted by atomic mass is 10.1. The number of thioether (sulfide) groups is 1. The highest BCUT2D eigenvalue weighted by Crippen LogP contribution is 2.33. The molecule has 0 N–H and O–H groups in total. The highest BCUT2D eigenvalue weighted by Gasteiger charge is 2.16. The average Bonchev–Trinajstić information content (AvgIpc) is 2.36. The minimum absolute atomic E-state index is 0.153. The molecule has 2 rings (SSSR count). The molecule has 1 aromatic carbocycles. The van der Waals surface area contributed by atoms with Crippen LogP contribution in [0.4, 0.5) is 0 Å². The van der Waals surface area contributed by atoms with Gasteiger partial charge in [-0.3, -0.25) is 0 Å². The van der Waals surface area contributed by atoms with Crippen LogP contribution in [0.3, 0.4) is 0 Å². The Labute approximate surface area is 133 Å². The maximum Gasteiger partial charge on any atom is 0.142 e. The normalized spacial score (nSPS) is 11.7. The van der Waals surface area contributed by atoms with E-state index in [1.54, 1.807) is 11.8 Å². The molecule has 5 heteroatoms. The molecular formula is C15H16Cl2N2S. The standard InChI is InChI=1S/C15H16Cl2N2S/c1-15(2,3)20-9-11-18-13(16)12(14(17)19-11)10-7-5-4-6-8-10/h4-8H,9H2,1-3H3. The smallest absolute Gasteiger partial charge is 0.142 e. The Balaban J connectivity index is 2.30. The van der Waals surface area contributed by atoms with Crippen LogP contribution >= 0.6 is 35.0 Å². The molecule has 0 aliphatic heterocycles. The summed E-state index contributed by atoms with van der Waals surface area (Å²) in [7, 11) is 0. The van der Waals surface area contributed by atoms with Crippen LogP contribution in [0, 0.1) is 0 Å². The fourth-order valence-corrected chi connectivity index (χ4v) is 2.97. The van der Waals surface area contributed by atoms with Crippen LogP contribution in [-0.2, 0) is 5.75 Å². The van der Waals surface area contributed by atoms with Crippen LogP contribution in [0.25, 0.3) is 11.1 Å². The van der Waals surface area contributed by atoms with Gasteiger partial charge in [0.1, 0.15) is 16.1 Å². The molecule has 0 unspecified atom stereocenters. The lowest BCUT2D eigenvalue weighted by molar-refractivity contribution is 0.800. The number of benzene rings is 1. The van der Waals surface area contributed by atoms with Gasteiger partial charge in [0.15, 0.2) is 0 Å². The van der Waals surface area contributed by atoms with Crippen molar-refractivity contribution in [1.29, 1.82) is 0 Å². The molecule has 0 radical (unpaired) electrons. The van der Waals surface area contributed by atoms with Crippen molar-refractivity contribution in [2.24, 2.45) is 0 Å². The number of hydrogen-bond donors (Lipinski definition) is 0. The molecule has 0 atom stereocenters. The molecule has 1 heterocycles. The van der Waals surface area contributed by atoms with E-state index >= 15 is 0 Å². The lowest BCUT2D eigenvalue weighted by Crippen LogP contribution is -2.09. The van der Waals surface area contributed by atoms with Crippen LogP contribution in [0.1, 0.15) is 26.6 Å². The van der Waals surface area contributed by atoms with Crippen molar-refractivity contribution >= 4 is 35.0 Å². The molecule has 1 aromatic heterocycles. The van der Waals surface area contributed by atoms with E-state index in [-0.39, 0.29) is 4.75 Å². The van der Waals surface area contributed by atoms with E-state index in [1.807, 2.05) is 30.3 Å². The minimum Gasteiger partial charge on any atom is -0.220 e. The molecular weight excluding hydrogens is 311 g/mol. The Morgan fingerprint density at radius 1 is 1.00 bits per heavy atom. The average molecular weight is 327 g/mol. The Bertz CT molecular complexity index is 572. The zero-order valence-electron chi connectivity index (χ0n) is 11.7. The fraction of sp³-hybridized carbons (Fsp3) is 0.333. The van der Waals surface area contributed by atoms with E-state index in [1.165, 1.54) is 0 Å². The molecule has 20 heavy (non-hydrogen) atoms. The Morgan fingerprint density at radius 3 is 2.05 bits per heavy atom. The van der Waals surface area contributed by atoms with Gasteiger partial charge in [-0.15, -0.1) is 11.8 Å². The van der Waals surface area contributed by atoms with Crippen molar-refractivity contribution in [2.75, 3.05) is 0 Å². The summed E-state index contributed by atoms with van der Waals surface area (Å²) in [5.74, 6) is 1.36. The largest absolute Gasteiger partial charge is 0.220 e. The first kappa shape index (κ1) is 15.6. The van der Waals surface area contributed by atoms with Crippen LogP contribution in [0.2, 0.25) is 10.3 Å². The molecule has 0 fully saturated rings. The lowest BCUT2D eigenvalue weighted by Gasteiger charge is -2.17. The molecule has 0 aliphatic carbocycles. The van der Waals surface area contributed by atoms with Gasteiger partial charge in [-0.05, 0) is 5.56 Å². The molecule has 0 saturated carbocycles. The Morgan fingerprint density at radius 2 is 1.55 bits per heavy atom. The summed E-state index contributed by atoms with van der Waals surface area (Å²) < 4.78 is 0.153. The summed E-state index contributed by atoms with van der Waals surface area (Å²) in [6, 6.07) is 9.71. The van der Waals surface area contributed by atoms with Gasteiger partial charge in [0, 0.05) is 4.75 Å². The first-order valence-corrected chi connectivity index (χ1v) is 8.02. The third-order valence-electron chi connectivity index (χ3n) is 2.56. The van der Waals surface area contributed by atoms with Crippen LogP contribution < -0.4 is 0 Å². The maximum atomic E-state index is 6.27. The van der Waals surface area contributed by atoms with Gasteiger partial charge in [0.2, 0.25) is 0 Å². The highest BCUT2D eigenvalue weighted by atomic mass is 35.5. The summed E-state index contributed by atoms with van der Waals surface area (Å²) in [6.45, 7) is 6.46. The Kier molecular flexibility index (Phi) is 4.95. The molecule has 0 saturated heterocycles. The summed E-state index contributed by atoms with van der Waals surface area (Å²) in [5, 5.41) is 0.807. The van der Waals surface area contributed by atoms with E-state index in [9.17, 15) is 0 Å². The molecule has 0 spiro atoms. The second-order valence-corrected chi connectivity index (χ2v) is 7.88. The Hall–Kier alpha value is -0.770. The van der Waals surface area contributed by atoms with Gasteiger partial charge in [0.05, 0.1) is 11.3 Å². The second kappa shape index (κ2) is 6.33. The van der Waals surface area contributed by atoms with Crippen molar-refractivity contribution in [3.63, 3.8) is 0 Å². The van der Waals surface area contributed by atoms with Crippen molar-refractivity contribution in [2.45, 2.75) is 31.3 Å². The molecule has 2 nitrogen and oxygen atoms in total. The molecule has 106 valence electrons. The van der Waals surface area contributed by atoms with Crippen LogP contribution in [0.15, 0.2) is 30.3 Å². The number of nitrogens with zero attached hydrogens (tertiary/aromatic N) is 2. The summed E-state index contributed by atoms with van der Waals surface area (Å²) in [4.78, 5) is 8.72. The van der Waals surface area contributed by atoms with Crippen molar-refractivity contribution < 1.29 is 0 Å². The van der Waals surface area contributed by atoms with Crippen molar-refractivity contribution in [1.82, 2.24) is 9.97 Å². The first-order valence-electron chi connectivity index (χ1n) is 6.28. The van der Waals surface area contributed by atoms with Gasteiger partial charge in [-0.2, -0.15) is 0 Å². The molecule has 0 amide bonds. The SMILES string of the molecule is CC(C)(C)SCc1nc(Cl)c(-c2ccccc2)c(Cl)n1. The summed E-state index contributed by atoms with van der Waals surface area (Å²) in [5.41, 5.74) is 1.62. The number of hydrogen-bond acceptors (Lipinski definition) is 3. The number of rotatable bonds is 3. The topological polar surface area (TPSA) is 25.8 Å². The molecule has 0 aliphatic rings. The van der Waals surface area contributed by atoms with Crippen LogP contribution in [0.5, 0.6) is 0 Å². The molecule has 2 aromatic rings. The van der Waals surface area contributed by atoms with Gasteiger partial charge < -0.3 is 0 Å². The van der Waals surface area contributed by atoms with Crippen molar-refractivity contribution in [3.05, 3.63) is 46.5 Å². The van der Waals surface area contributed by atoms with E-state index in [0.717, 1.165) is 5.56 Å². The second-order valence-electron chi connectivity index (χ2n) is 5.36. The van der Waals surface area contributed by atoms with Gasteiger partial charge in [-0.1, -0.05) is 74.3 Å². The third-order valence-corrected chi connectivity index (χ3v) is 4.38. The zero-order chi connectivity index (χ0) is 14.8. The van der Waals surface area contributed by atoms with E-state index < -0.39 is 0 Å². The zero-order valence-corrected chi connectivity index (χ0v) is 14.0. The van der Waals surface area contributed by atoms with E-state index in [2.05, 4.69) is 30.7 Å². The number of halogens is 2. The molecule has 0 bridgehead atoms. The summed E-state index contributed by atoms with van der Waals surface area (Å²) in [6.07, 6.45) is 0. The fourth-order valence-electron chi connectivity index (χ4n) is 1.64. The van der Waals surface area contributed by atoms with Crippen molar-refractivity contribution in [3.8, 4) is 11.1 Å². The minimum atomic E-state index is 0.153. The summed E-state index contributed by atoms with van der Waals surface area (Å²) >= 11 is 14.3. The van der Waals surface area contributed by atoms with Gasteiger partial charge in [-0.25, -0.2) is 9.97 Å². The van der Waals surface area contributed by atoms with Gasteiger partial charge in [0.25, 0.3) is 0 Å². The third kappa shape index (κ3) is 4.11. The number of aromatic nitrogens is 2. The highest BCUT2D eigenvalue weighted by molar-refractivity contribution is 7.99. The predicted molar refractivity (Wildman–Crippen MR) is 88.5 cm³/mol. The predicted octanol–water partition coefficient (Wildman–Crippen LogP) is 5.48.